The van der Waals surface area contributed by atoms with E-state index in [0.29, 0.717) is 6.42 Å². The summed E-state index contributed by atoms with van der Waals surface area (Å²) in [5.74, 6) is 0. The predicted molar refractivity (Wildman–Crippen MR) is 136 cm³/mol. The summed E-state index contributed by atoms with van der Waals surface area (Å²) in [5, 5.41) is 18.4. The Morgan fingerprint density at radius 3 is 1.57 bits per heavy atom. The highest BCUT2D eigenvalue weighted by atomic mass is 32.2. The fourth-order valence-electron chi connectivity index (χ4n) is 3.03. The van der Waals surface area contributed by atoms with Crippen molar-refractivity contribution in [1.29, 1.82) is 0 Å². The van der Waals surface area contributed by atoms with E-state index >= 15 is 0 Å². The smallest absolute Gasteiger partial charge is 0.410 e. The first-order valence-electron chi connectivity index (χ1n) is 11.2. The molecule has 3 rings (SSSR count). The van der Waals surface area contributed by atoms with E-state index < -0.39 is 38.0 Å². The number of aryl methyl sites for hydroxylation is 2. The lowest BCUT2D eigenvalue weighted by Crippen LogP contribution is -2.41. The molecule has 13 heteroatoms. The molecular formula is C24H35NO10S2. The molecule has 11 nitrogen and oxygen atoms in total. The maximum atomic E-state index is 11.7. The quantitative estimate of drug-likeness (QED) is 0.407. The Morgan fingerprint density at radius 2 is 1.27 bits per heavy atom. The zero-order valence-corrected chi connectivity index (χ0v) is 23.0. The van der Waals surface area contributed by atoms with Crippen LogP contribution in [0.3, 0.4) is 0 Å². The number of nitrogens with zero attached hydrogens (tertiary/aromatic N) is 1. The largest absolute Gasteiger partial charge is 0.444 e. The summed E-state index contributed by atoms with van der Waals surface area (Å²) in [5.41, 5.74) is 1.36. The lowest BCUT2D eigenvalue weighted by atomic mass is 10.2. The van der Waals surface area contributed by atoms with Crippen molar-refractivity contribution in [3.63, 3.8) is 0 Å². The van der Waals surface area contributed by atoms with Gasteiger partial charge in [0.1, 0.15) is 5.60 Å². The van der Waals surface area contributed by atoms with Crippen molar-refractivity contribution in [2.75, 3.05) is 13.2 Å². The molecule has 1 aliphatic heterocycles. The van der Waals surface area contributed by atoms with E-state index in [1.165, 1.54) is 29.2 Å². The van der Waals surface area contributed by atoms with Gasteiger partial charge in [-0.1, -0.05) is 35.4 Å². The van der Waals surface area contributed by atoms with Gasteiger partial charge >= 0.3 is 6.09 Å². The number of rotatable bonds is 3. The van der Waals surface area contributed by atoms with Gasteiger partial charge in [0.25, 0.3) is 20.2 Å². The van der Waals surface area contributed by atoms with Gasteiger partial charge in [-0.05, 0) is 65.3 Å². The molecule has 208 valence electrons. The molecule has 1 unspecified atom stereocenters. The second-order valence-corrected chi connectivity index (χ2v) is 12.3. The number of β-amino-alcohol motifs (C(OH)–C–C–N with tert-alkyl or cyclic N) is 1. The molecule has 1 amide bonds. The molecule has 0 aromatic heterocycles. The number of ether oxygens (including phenoxy) is 1. The minimum absolute atomic E-state index is 0.0666. The van der Waals surface area contributed by atoms with Crippen molar-refractivity contribution in [2.24, 2.45) is 0 Å². The molecule has 1 aliphatic rings. The predicted octanol–water partition coefficient (Wildman–Crippen LogP) is 2.83. The fraction of sp³-hybridized carbons (Fsp3) is 0.458. The Kier molecular flexibility index (Phi) is 11.7. The van der Waals surface area contributed by atoms with E-state index in [0.717, 1.165) is 11.1 Å². The molecule has 4 N–H and O–H groups in total. The first-order chi connectivity index (χ1) is 16.8. The standard InChI is InChI=1S/C10H19NO4.2C7H8O3S/c1-10(2,3)15-9(14)11-5-8(13)4-7(11)6-12;2*1-6-2-4-7(5-3-6)11(8,9)10/h7-8,12-13H,4-6H2,1-3H3;2*2-5H,1H3,(H,8,9,10)/t7-,8?;;/m0../s1. The third kappa shape index (κ3) is 12.0. The summed E-state index contributed by atoms with van der Waals surface area (Å²) in [6, 6.07) is 11.7. The van der Waals surface area contributed by atoms with Gasteiger partial charge in [-0.3, -0.25) is 9.11 Å². The summed E-state index contributed by atoms with van der Waals surface area (Å²) in [6.07, 6.45) is -0.622. The highest BCUT2D eigenvalue weighted by Crippen LogP contribution is 2.20. The maximum absolute atomic E-state index is 11.7. The first kappa shape index (κ1) is 32.5. The van der Waals surface area contributed by atoms with Crippen LogP contribution in [0.4, 0.5) is 4.79 Å². The number of benzene rings is 2. The van der Waals surface area contributed by atoms with Gasteiger partial charge in [0.2, 0.25) is 0 Å². The normalized spacial score (nSPS) is 17.7. The second kappa shape index (κ2) is 13.3. The van der Waals surface area contributed by atoms with E-state index in [1.807, 2.05) is 13.8 Å². The lowest BCUT2D eigenvalue weighted by molar-refractivity contribution is 0.0162. The van der Waals surface area contributed by atoms with Crippen molar-refractivity contribution >= 4 is 26.3 Å². The average molecular weight is 562 g/mol. The number of carbonyl (C=O) groups is 1. The van der Waals surface area contributed by atoms with Gasteiger partial charge in [-0.25, -0.2) is 4.79 Å². The molecule has 1 fully saturated rings. The minimum atomic E-state index is -4.02. The Balaban J connectivity index is 0.000000283. The van der Waals surface area contributed by atoms with Crippen LogP contribution in [0.1, 0.15) is 38.3 Å². The molecule has 2 atom stereocenters. The van der Waals surface area contributed by atoms with Crippen LogP contribution < -0.4 is 0 Å². The third-order valence-electron chi connectivity index (χ3n) is 4.87. The van der Waals surface area contributed by atoms with Crippen LogP contribution in [0.15, 0.2) is 58.3 Å². The number of hydrogen-bond donors (Lipinski definition) is 4. The number of aliphatic hydroxyl groups excluding tert-OH is 2. The van der Waals surface area contributed by atoms with E-state index in [1.54, 1.807) is 45.0 Å². The van der Waals surface area contributed by atoms with Crippen LogP contribution in [0.25, 0.3) is 0 Å². The molecule has 0 aliphatic carbocycles. The van der Waals surface area contributed by atoms with Gasteiger partial charge < -0.3 is 19.8 Å². The summed E-state index contributed by atoms with van der Waals surface area (Å²) < 4.78 is 64.3. The van der Waals surface area contributed by atoms with Gasteiger partial charge in [-0.2, -0.15) is 16.8 Å². The average Bonchev–Trinajstić information content (AvgIpc) is 3.14. The molecule has 0 spiro atoms. The highest BCUT2D eigenvalue weighted by molar-refractivity contribution is 7.86. The van der Waals surface area contributed by atoms with Crippen molar-refractivity contribution in [2.45, 2.75) is 68.6 Å². The molecule has 1 heterocycles. The van der Waals surface area contributed by atoms with Crippen LogP contribution >= 0.6 is 0 Å². The zero-order valence-electron chi connectivity index (χ0n) is 21.4. The number of aliphatic hydroxyl groups is 2. The molecule has 37 heavy (non-hydrogen) atoms. The van der Waals surface area contributed by atoms with E-state index in [2.05, 4.69) is 0 Å². The maximum Gasteiger partial charge on any atom is 0.410 e. The van der Waals surface area contributed by atoms with Crippen LogP contribution in [-0.4, -0.2) is 78.0 Å². The highest BCUT2D eigenvalue weighted by Gasteiger charge is 2.36. The molecular weight excluding hydrogens is 526 g/mol. The molecule has 0 bridgehead atoms. The van der Waals surface area contributed by atoms with Gasteiger partial charge in [0.05, 0.1) is 35.1 Å². The minimum Gasteiger partial charge on any atom is -0.444 e. The van der Waals surface area contributed by atoms with Crippen LogP contribution in [-0.2, 0) is 25.0 Å². The Labute approximate surface area is 218 Å². The Hall–Kier alpha value is -2.55. The number of hydrogen-bond acceptors (Lipinski definition) is 8. The zero-order chi connectivity index (χ0) is 28.6. The third-order valence-corrected chi connectivity index (χ3v) is 6.60. The van der Waals surface area contributed by atoms with Crippen molar-refractivity contribution in [3.8, 4) is 0 Å². The number of likely N-dealkylation sites (tertiary alicyclic amines) is 1. The Morgan fingerprint density at radius 1 is 0.892 bits per heavy atom. The summed E-state index contributed by atoms with van der Waals surface area (Å²) >= 11 is 0. The molecule has 0 radical (unpaired) electrons. The SMILES string of the molecule is CC(C)(C)OC(=O)N1CC(O)C[C@H]1CO.Cc1ccc(S(=O)(=O)O)cc1.Cc1ccc(S(=O)(=O)O)cc1. The Bertz CT molecular complexity index is 1150. The summed E-state index contributed by atoms with van der Waals surface area (Å²) in [6.45, 7) is 9.13. The van der Waals surface area contributed by atoms with Gasteiger partial charge in [-0.15, -0.1) is 0 Å². The van der Waals surface area contributed by atoms with Gasteiger partial charge in [0, 0.05) is 0 Å². The monoisotopic (exact) mass is 561 g/mol. The summed E-state index contributed by atoms with van der Waals surface area (Å²) in [4.78, 5) is 12.9. The van der Waals surface area contributed by atoms with Gasteiger partial charge in [0.15, 0.2) is 0 Å². The van der Waals surface area contributed by atoms with Crippen LogP contribution in [0.5, 0.6) is 0 Å². The molecule has 2 aromatic carbocycles. The molecule has 2 aromatic rings. The number of amides is 1. The first-order valence-corrected chi connectivity index (χ1v) is 14.1. The van der Waals surface area contributed by atoms with E-state index in [4.69, 9.17) is 18.9 Å². The van der Waals surface area contributed by atoms with Crippen molar-refractivity contribution in [3.05, 3.63) is 59.7 Å². The van der Waals surface area contributed by atoms with E-state index in [-0.39, 0.29) is 29.0 Å². The summed E-state index contributed by atoms with van der Waals surface area (Å²) in [7, 11) is -8.04. The van der Waals surface area contributed by atoms with Crippen molar-refractivity contribution in [1.82, 2.24) is 4.90 Å². The van der Waals surface area contributed by atoms with Crippen molar-refractivity contribution < 1.29 is 45.7 Å². The number of carbonyl (C=O) groups excluding carboxylic acids is 1. The fourth-order valence-corrected chi connectivity index (χ4v) is 3.99. The topological polar surface area (TPSA) is 179 Å². The second-order valence-electron chi connectivity index (χ2n) is 9.43. The van der Waals surface area contributed by atoms with Crippen LogP contribution in [0, 0.1) is 13.8 Å². The van der Waals surface area contributed by atoms with Crippen LogP contribution in [0.2, 0.25) is 0 Å². The van der Waals surface area contributed by atoms with E-state index in [9.17, 15) is 26.7 Å². The molecule has 1 saturated heterocycles. The lowest BCUT2D eigenvalue weighted by Gasteiger charge is -2.27. The molecule has 0 saturated carbocycles.